The van der Waals surface area contributed by atoms with Crippen molar-refractivity contribution >= 4 is 21.8 Å². The van der Waals surface area contributed by atoms with Crippen LogP contribution in [-0.4, -0.2) is 19.5 Å². The van der Waals surface area contributed by atoms with Crippen molar-refractivity contribution in [3.63, 3.8) is 0 Å². The van der Waals surface area contributed by atoms with Crippen molar-refractivity contribution in [1.82, 2.24) is 19.5 Å². The Morgan fingerprint density at radius 1 is 0.391 bits per heavy atom. The van der Waals surface area contributed by atoms with Gasteiger partial charge in [0.1, 0.15) is 0 Å². The molecule has 228 valence electrons. The lowest BCUT2D eigenvalue weighted by atomic mass is 9.90. The van der Waals surface area contributed by atoms with Crippen LogP contribution < -0.4 is 0 Å². The van der Waals surface area contributed by atoms with Gasteiger partial charge in [0.2, 0.25) is 0 Å². The molecular weight excluding hydrogens is 560 g/mol. The maximum Gasteiger partial charge on any atom is 0.166 e. The average molecular weight is 601 g/mol. The summed E-state index contributed by atoms with van der Waals surface area (Å²) < 4.78 is 2.53. The van der Waals surface area contributed by atoms with Gasteiger partial charge in [0.25, 0.3) is 0 Å². The Kier molecular flexibility index (Phi) is 7.12. The van der Waals surface area contributed by atoms with Crippen LogP contribution in [-0.2, 0) is 0 Å². The maximum absolute atomic E-state index is 5.18. The lowest BCUT2D eigenvalue weighted by Gasteiger charge is -2.20. The first-order valence-electron chi connectivity index (χ1n) is 16.1. The first-order valence-corrected chi connectivity index (χ1v) is 16.1. The second-order valence-electron chi connectivity index (χ2n) is 12.8. The molecule has 2 aromatic heterocycles. The SMILES string of the molecule is Cc1cccc(-c2nc(-c3ccccc3)nc(-c3ccccc3)n2)c1-n1c2c(C)c(C)c(C)c(C)c2c2c(C)c(C)c(C)c(C)c21. The summed E-state index contributed by atoms with van der Waals surface area (Å²) in [4.78, 5) is 15.3. The summed E-state index contributed by atoms with van der Waals surface area (Å²) in [7, 11) is 0. The summed E-state index contributed by atoms with van der Waals surface area (Å²) >= 11 is 0. The van der Waals surface area contributed by atoms with E-state index in [0.717, 1.165) is 22.4 Å². The predicted octanol–water partition coefficient (Wildman–Crippen LogP) is 10.7. The number of aryl methyl sites for hydroxylation is 5. The Morgan fingerprint density at radius 3 is 1.26 bits per heavy atom. The second kappa shape index (κ2) is 11.1. The highest BCUT2D eigenvalue weighted by molar-refractivity contribution is 6.16. The molecule has 0 aliphatic carbocycles. The third kappa shape index (κ3) is 4.39. The zero-order valence-electron chi connectivity index (χ0n) is 28.3. The van der Waals surface area contributed by atoms with E-state index in [1.54, 1.807) is 0 Å². The van der Waals surface area contributed by atoms with E-state index in [9.17, 15) is 0 Å². The summed E-state index contributed by atoms with van der Waals surface area (Å²) in [6, 6.07) is 26.9. The summed E-state index contributed by atoms with van der Waals surface area (Å²) in [5, 5.41) is 2.69. The highest BCUT2D eigenvalue weighted by atomic mass is 15.1. The highest BCUT2D eigenvalue weighted by Gasteiger charge is 2.27. The van der Waals surface area contributed by atoms with E-state index in [1.165, 1.54) is 71.9 Å². The van der Waals surface area contributed by atoms with Crippen LogP contribution >= 0.6 is 0 Å². The Bertz CT molecular complexity index is 2190. The molecule has 0 saturated carbocycles. The van der Waals surface area contributed by atoms with Crippen molar-refractivity contribution in [3.8, 4) is 39.9 Å². The Labute approximate surface area is 271 Å². The average Bonchev–Trinajstić information content (AvgIpc) is 3.44. The lowest BCUT2D eigenvalue weighted by molar-refractivity contribution is 1.06. The molecule has 0 aliphatic heterocycles. The monoisotopic (exact) mass is 600 g/mol. The number of fused-ring (bicyclic) bond motifs is 3. The van der Waals surface area contributed by atoms with E-state index in [1.807, 2.05) is 36.4 Å². The fourth-order valence-electron chi connectivity index (χ4n) is 7.16. The molecular formula is C42H40N4. The molecule has 0 aliphatic rings. The van der Waals surface area contributed by atoms with Gasteiger partial charge < -0.3 is 4.57 Å². The minimum Gasteiger partial charge on any atom is -0.308 e. The normalized spacial score (nSPS) is 11.6. The summed E-state index contributed by atoms with van der Waals surface area (Å²) in [6.07, 6.45) is 0. The Morgan fingerprint density at radius 2 is 0.804 bits per heavy atom. The first kappa shape index (κ1) is 29.6. The number of rotatable bonds is 4. The van der Waals surface area contributed by atoms with Crippen molar-refractivity contribution in [2.24, 2.45) is 0 Å². The number of aromatic nitrogens is 4. The van der Waals surface area contributed by atoms with Crippen LogP contribution in [0.1, 0.15) is 50.1 Å². The third-order valence-corrected chi connectivity index (χ3v) is 10.4. The van der Waals surface area contributed by atoms with E-state index in [0.29, 0.717) is 17.5 Å². The van der Waals surface area contributed by atoms with Gasteiger partial charge in [-0.2, -0.15) is 0 Å². The molecule has 7 aromatic rings. The number of nitrogens with zero attached hydrogens (tertiary/aromatic N) is 4. The van der Waals surface area contributed by atoms with Gasteiger partial charge in [-0.15, -0.1) is 0 Å². The molecule has 7 rings (SSSR count). The van der Waals surface area contributed by atoms with E-state index in [2.05, 4.69) is 109 Å². The molecule has 0 radical (unpaired) electrons. The van der Waals surface area contributed by atoms with Gasteiger partial charge >= 0.3 is 0 Å². The number of benzene rings is 5. The fraction of sp³-hybridized carbons (Fsp3) is 0.214. The lowest BCUT2D eigenvalue weighted by Crippen LogP contribution is -2.07. The van der Waals surface area contributed by atoms with Gasteiger partial charge in [-0.1, -0.05) is 72.8 Å². The molecule has 0 N–H and O–H groups in total. The van der Waals surface area contributed by atoms with Gasteiger partial charge in [-0.3, -0.25) is 0 Å². The maximum atomic E-state index is 5.18. The van der Waals surface area contributed by atoms with E-state index < -0.39 is 0 Å². The van der Waals surface area contributed by atoms with Crippen LogP contribution in [0.3, 0.4) is 0 Å². The van der Waals surface area contributed by atoms with Crippen LogP contribution in [0, 0.1) is 62.3 Å². The highest BCUT2D eigenvalue weighted by Crippen LogP contribution is 2.45. The predicted molar refractivity (Wildman–Crippen MR) is 193 cm³/mol. The molecule has 0 atom stereocenters. The molecule has 0 fully saturated rings. The van der Waals surface area contributed by atoms with Crippen LogP contribution in [0.5, 0.6) is 0 Å². The van der Waals surface area contributed by atoms with Crippen molar-refractivity contribution in [2.45, 2.75) is 62.3 Å². The van der Waals surface area contributed by atoms with Crippen LogP contribution in [0.15, 0.2) is 78.9 Å². The van der Waals surface area contributed by atoms with Crippen molar-refractivity contribution < 1.29 is 0 Å². The van der Waals surface area contributed by atoms with Gasteiger partial charge in [0.15, 0.2) is 17.5 Å². The van der Waals surface area contributed by atoms with Crippen molar-refractivity contribution in [2.75, 3.05) is 0 Å². The van der Waals surface area contributed by atoms with E-state index in [-0.39, 0.29) is 0 Å². The van der Waals surface area contributed by atoms with Gasteiger partial charge in [-0.25, -0.2) is 15.0 Å². The van der Waals surface area contributed by atoms with Gasteiger partial charge in [-0.05, 0) is 118 Å². The van der Waals surface area contributed by atoms with E-state index >= 15 is 0 Å². The zero-order chi connectivity index (χ0) is 32.4. The molecule has 4 nitrogen and oxygen atoms in total. The summed E-state index contributed by atoms with van der Waals surface area (Å²) in [5.74, 6) is 1.99. The molecule has 2 heterocycles. The topological polar surface area (TPSA) is 43.6 Å². The minimum atomic E-state index is 0.663. The van der Waals surface area contributed by atoms with Gasteiger partial charge in [0.05, 0.1) is 16.7 Å². The number of hydrogen-bond acceptors (Lipinski definition) is 3. The van der Waals surface area contributed by atoms with Crippen molar-refractivity contribution in [1.29, 1.82) is 0 Å². The minimum absolute atomic E-state index is 0.663. The van der Waals surface area contributed by atoms with Gasteiger partial charge in [0, 0.05) is 27.5 Å². The smallest absolute Gasteiger partial charge is 0.166 e. The summed E-state index contributed by atoms with van der Waals surface area (Å²) in [5.41, 5.74) is 18.4. The molecule has 4 heteroatoms. The third-order valence-electron chi connectivity index (χ3n) is 10.4. The van der Waals surface area contributed by atoms with Crippen LogP contribution in [0.25, 0.3) is 61.7 Å². The van der Waals surface area contributed by atoms with E-state index in [4.69, 9.17) is 15.0 Å². The number of para-hydroxylation sites is 1. The first-order chi connectivity index (χ1) is 22.1. The molecule has 5 aromatic carbocycles. The quantitative estimate of drug-likeness (QED) is 0.202. The number of hydrogen-bond donors (Lipinski definition) is 0. The summed E-state index contributed by atoms with van der Waals surface area (Å²) in [6.45, 7) is 20.4. The molecule has 0 spiro atoms. The van der Waals surface area contributed by atoms with Crippen molar-refractivity contribution in [3.05, 3.63) is 129 Å². The van der Waals surface area contributed by atoms with Crippen LogP contribution in [0.2, 0.25) is 0 Å². The molecule has 46 heavy (non-hydrogen) atoms. The zero-order valence-corrected chi connectivity index (χ0v) is 28.3. The molecule has 0 saturated heterocycles. The molecule has 0 unspecified atom stereocenters. The van der Waals surface area contributed by atoms with Crippen LogP contribution in [0.4, 0.5) is 0 Å². The second-order valence-corrected chi connectivity index (χ2v) is 12.8. The Balaban J connectivity index is 1.66. The largest absolute Gasteiger partial charge is 0.308 e. The fourth-order valence-corrected chi connectivity index (χ4v) is 7.16. The molecule has 0 bridgehead atoms. The molecule has 0 amide bonds. The standard InChI is InChI=1S/C42H40N4/c1-23-17-16-22-34(42-44-40(32-18-12-10-13-19-32)43-41(45-42)33-20-14-11-15-21-33)37(23)46-38-30(8)26(4)24(2)28(6)35(38)36-29(7)25(3)27(5)31(9)39(36)46/h10-22H,1-9H3. The Hall–Kier alpha value is -5.09.